The van der Waals surface area contributed by atoms with Crippen LogP contribution in [0.4, 0.5) is 5.69 Å². The van der Waals surface area contributed by atoms with E-state index in [1.807, 2.05) is 24.3 Å². The predicted molar refractivity (Wildman–Crippen MR) is 122 cm³/mol. The highest BCUT2D eigenvalue weighted by Gasteiger charge is 2.36. The Hall–Kier alpha value is -2.14. The number of piperazine rings is 1. The van der Waals surface area contributed by atoms with Crippen LogP contribution in [0.25, 0.3) is 0 Å². The van der Waals surface area contributed by atoms with E-state index in [2.05, 4.69) is 20.8 Å². The topological polar surface area (TPSA) is 79.4 Å². The zero-order valence-corrected chi connectivity index (χ0v) is 20.1. The summed E-state index contributed by atoms with van der Waals surface area (Å²) in [6.07, 6.45) is 0.653. The number of sulfonamides is 1. The van der Waals surface area contributed by atoms with Crippen LogP contribution in [-0.4, -0.2) is 63.0 Å². The van der Waals surface area contributed by atoms with Gasteiger partial charge >= 0.3 is 0 Å². The minimum atomic E-state index is -3.73. The number of benzene rings is 2. The summed E-state index contributed by atoms with van der Waals surface area (Å²) in [6.45, 7) is 4.99. The van der Waals surface area contributed by atoms with Gasteiger partial charge in [0.2, 0.25) is 22.7 Å². The summed E-state index contributed by atoms with van der Waals surface area (Å²) in [6, 6.07) is 9.42. The fourth-order valence-corrected chi connectivity index (χ4v) is 6.89. The fraction of sp³-hybridized carbons (Fsp3) is 0.409. The van der Waals surface area contributed by atoms with Crippen molar-refractivity contribution in [3.05, 3.63) is 45.9 Å². The first kappa shape index (κ1) is 21.7. The Morgan fingerprint density at radius 1 is 1.03 bits per heavy atom. The molecule has 10 heteroatoms. The maximum atomic E-state index is 13.6. The van der Waals surface area contributed by atoms with E-state index in [0.717, 1.165) is 29.2 Å². The lowest BCUT2D eigenvalue weighted by Gasteiger charge is -2.34. The van der Waals surface area contributed by atoms with E-state index in [4.69, 9.17) is 9.47 Å². The zero-order chi connectivity index (χ0) is 22.5. The van der Waals surface area contributed by atoms with Crippen molar-refractivity contribution in [3.8, 4) is 11.5 Å². The molecule has 0 bridgehead atoms. The van der Waals surface area contributed by atoms with E-state index >= 15 is 0 Å². The van der Waals surface area contributed by atoms with Crippen LogP contribution < -0.4 is 14.4 Å². The van der Waals surface area contributed by atoms with Crippen LogP contribution in [0, 0.1) is 0 Å². The largest absolute Gasteiger partial charge is 0.454 e. The van der Waals surface area contributed by atoms with Gasteiger partial charge in [0.25, 0.3) is 0 Å². The van der Waals surface area contributed by atoms with E-state index in [0.29, 0.717) is 49.3 Å². The second-order valence-electron chi connectivity index (χ2n) is 8.20. The van der Waals surface area contributed by atoms with Crippen molar-refractivity contribution in [1.29, 1.82) is 0 Å². The lowest BCUT2D eigenvalue weighted by molar-refractivity contribution is -0.116. The molecule has 0 unspecified atom stereocenters. The van der Waals surface area contributed by atoms with Crippen LogP contribution in [0.5, 0.6) is 11.5 Å². The molecule has 0 radical (unpaired) electrons. The molecule has 2 aromatic rings. The number of carbonyl (C=O) groups is 1. The third-order valence-electron chi connectivity index (χ3n) is 6.17. The van der Waals surface area contributed by atoms with Crippen LogP contribution in [0.15, 0.2) is 39.7 Å². The Labute approximate surface area is 195 Å². The molecule has 0 atom stereocenters. The molecule has 1 fully saturated rings. The highest BCUT2D eigenvalue weighted by Crippen LogP contribution is 2.39. The summed E-state index contributed by atoms with van der Waals surface area (Å²) in [5.41, 5.74) is 2.52. The first-order valence-electron chi connectivity index (χ1n) is 10.5. The number of fused-ring (bicyclic) bond motifs is 2. The van der Waals surface area contributed by atoms with Crippen molar-refractivity contribution in [1.82, 2.24) is 9.21 Å². The molecule has 32 heavy (non-hydrogen) atoms. The minimum Gasteiger partial charge on any atom is -0.454 e. The van der Waals surface area contributed by atoms with Gasteiger partial charge in [-0.25, -0.2) is 8.42 Å². The predicted octanol–water partition coefficient (Wildman–Crippen LogP) is 2.59. The summed E-state index contributed by atoms with van der Waals surface area (Å²) < 4.78 is 40.2. The zero-order valence-electron chi connectivity index (χ0n) is 17.7. The van der Waals surface area contributed by atoms with Crippen molar-refractivity contribution in [3.63, 3.8) is 0 Å². The molecule has 5 rings (SSSR count). The molecule has 2 aromatic carbocycles. The highest BCUT2D eigenvalue weighted by molar-refractivity contribution is 9.10. The number of halogens is 1. The van der Waals surface area contributed by atoms with E-state index in [1.165, 1.54) is 11.2 Å². The summed E-state index contributed by atoms with van der Waals surface area (Å²) in [4.78, 5) is 16.1. The second kappa shape index (κ2) is 8.33. The molecule has 3 aliphatic rings. The van der Waals surface area contributed by atoms with Crippen molar-refractivity contribution >= 4 is 37.5 Å². The Bertz CT molecular complexity index is 1180. The van der Waals surface area contributed by atoms with E-state index in [1.54, 1.807) is 11.0 Å². The van der Waals surface area contributed by atoms with E-state index in [9.17, 15) is 13.2 Å². The van der Waals surface area contributed by atoms with Crippen molar-refractivity contribution in [2.45, 2.75) is 24.8 Å². The number of nitrogens with zero attached hydrogens (tertiary/aromatic N) is 3. The Morgan fingerprint density at radius 3 is 2.53 bits per heavy atom. The first-order chi connectivity index (χ1) is 15.3. The average Bonchev–Trinajstić information content (AvgIpc) is 3.40. The summed E-state index contributed by atoms with van der Waals surface area (Å²) in [5.74, 6) is 1.36. The molecule has 1 saturated heterocycles. The van der Waals surface area contributed by atoms with Crippen molar-refractivity contribution < 1.29 is 22.7 Å². The standard InChI is InChI=1S/C22H24BrN3O5S/c1-15(27)26-5-4-17-11-18(23)12-21(22(17)26)32(28,29)25-8-6-24(7-9-25)13-16-2-3-19-20(10-16)31-14-30-19/h2-3,10-12H,4-9,13-14H2,1H3. The average molecular weight is 522 g/mol. The summed E-state index contributed by atoms with van der Waals surface area (Å²) in [7, 11) is -3.73. The monoisotopic (exact) mass is 521 g/mol. The van der Waals surface area contributed by atoms with Gasteiger partial charge in [-0.05, 0) is 41.8 Å². The summed E-state index contributed by atoms with van der Waals surface area (Å²) in [5, 5.41) is 0. The quantitative estimate of drug-likeness (QED) is 0.615. The van der Waals surface area contributed by atoms with Gasteiger partial charge in [0, 0.05) is 50.7 Å². The van der Waals surface area contributed by atoms with Gasteiger partial charge in [-0.1, -0.05) is 22.0 Å². The Kier molecular flexibility index (Phi) is 5.65. The SMILES string of the molecule is CC(=O)N1CCc2cc(Br)cc(S(=O)(=O)N3CCN(Cc4ccc5c(c4)OCO5)CC3)c21. The van der Waals surface area contributed by atoms with Crippen LogP contribution in [-0.2, 0) is 27.8 Å². The van der Waals surface area contributed by atoms with Crippen LogP contribution >= 0.6 is 15.9 Å². The lowest BCUT2D eigenvalue weighted by atomic mass is 10.2. The number of anilines is 1. The van der Waals surface area contributed by atoms with Crippen LogP contribution in [0.2, 0.25) is 0 Å². The van der Waals surface area contributed by atoms with E-state index in [-0.39, 0.29) is 17.6 Å². The van der Waals surface area contributed by atoms with Gasteiger partial charge in [-0.3, -0.25) is 9.69 Å². The number of hydrogen-bond acceptors (Lipinski definition) is 6. The molecule has 0 saturated carbocycles. The molecule has 0 aliphatic carbocycles. The first-order valence-corrected chi connectivity index (χ1v) is 12.8. The van der Waals surface area contributed by atoms with Gasteiger partial charge in [0.1, 0.15) is 4.90 Å². The maximum Gasteiger partial charge on any atom is 0.245 e. The van der Waals surface area contributed by atoms with Gasteiger partial charge in [-0.15, -0.1) is 0 Å². The normalized spacial score (nSPS) is 18.8. The van der Waals surface area contributed by atoms with Gasteiger partial charge < -0.3 is 14.4 Å². The highest BCUT2D eigenvalue weighted by atomic mass is 79.9. The Morgan fingerprint density at radius 2 is 1.78 bits per heavy atom. The maximum absolute atomic E-state index is 13.6. The van der Waals surface area contributed by atoms with Crippen LogP contribution in [0.1, 0.15) is 18.1 Å². The second-order valence-corrected chi connectivity index (χ2v) is 11.0. The number of amides is 1. The molecule has 8 nitrogen and oxygen atoms in total. The van der Waals surface area contributed by atoms with Gasteiger partial charge in [0.05, 0.1) is 5.69 Å². The molecule has 0 aromatic heterocycles. The molecular weight excluding hydrogens is 498 g/mol. The fourth-order valence-electron chi connectivity index (χ4n) is 4.55. The lowest BCUT2D eigenvalue weighted by Crippen LogP contribution is -2.48. The molecular formula is C22H24BrN3O5S. The third kappa shape index (κ3) is 3.89. The number of rotatable bonds is 4. The van der Waals surface area contributed by atoms with Crippen molar-refractivity contribution in [2.75, 3.05) is 44.4 Å². The molecule has 1 amide bonds. The molecule has 3 heterocycles. The van der Waals surface area contributed by atoms with Crippen LogP contribution in [0.3, 0.4) is 0 Å². The van der Waals surface area contributed by atoms with Gasteiger partial charge in [-0.2, -0.15) is 4.31 Å². The molecule has 170 valence electrons. The van der Waals surface area contributed by atoms with Gasteiger partial charge in [0.15, 0.2) is 11.5 Å². The molecule has 0 spiro atoms. The van der Waals surface area contributed by atoms with Crippen molar-refractivity contribution in [2.24, 2.45) is 0 Å². The summed E-state index contributed by atoms with van der Waals surface area (Å²) >= 11 is 3.44. The van der Waals surface area contributed by atoms with E-state index < -0.39 is 10.0 Å². The number of hydrogen-bond donors (Lipinski definition) is 0. The smallest absolute Gasteiger partial charge is 0.245 e. The third-order valence-corrected chi connectivity index (χ3v) is 8.54. The molecule has 3 aliphatic heterocycles. The number of ether oxygens (including phenoxy) is 2. The molecule has 0 N–H and O–H groups in total. The Balaban J connectivity index is 1.32. The number of carbonyl (C=O) groups excluding carboxylic acids is 1. The minimum absolute atomic E-state index is 0.143.